The van der Waals surface area contributed by atoms with Crippen LogP contribution < -0.4 is 4.90 Å². The molecule has 1 aliphatic carbocycles. The molecule has 1 aromatic carbocycles. The fraction of sp³-hybridized carbons (Fsp3) is 0.393. The number of benzene rings is 1. The van der Waals surface area contributed by atoms with E-state index in [1.54, 1.807) is 28.9 Å². The van der Waals surface area contributed by atoms with Gasteiger partial charge in [-0.25, -0.2) is 24.0 Å². The number of carbonyl (C=O) groups excluding carboxylic acids is 1. The molecule has 1 aliphatic heterocycles. The number of imidazole rings is 1. The summed E-state index contributed by atoms with van der Waals surface area (Å²) in [5, 5.41) is 4.81. The molecule has 8 nitrogen and oxygen atoms in total. The lowest BCUT2D eigenvalue weighted by molar-refractivity contribution is -0.140. The van der Waals surface area contributed by atoms with E-state index in [-0.39, 0.29) is 36.8 Å². The zero-order valence-corrected chi connectivity index (χ0v) is 22.0. The molecule has 1 saturated carbocycles. The smallest absolute Gasteiger partial charge is 0.331 e. The van der Waals surface area contributed by atoms with Crippen molar-refractivity contribution in [3.05, 3.63) is 65.3 Å². The summed E-state index contributed by atoms with van der Waals surface area (Å²) in [4.78, 5) is 27.3. The van der Waals surface area contributed by atoms with Crippen LogP contribution in [0.25, 0.3) is 22.6 Å². The predicted octanol–water partition coefficient (Wildman–Crippen LogP) is 5.76. The highest BCUT2D eigenvalue weighted by atomic mass is 19.4. The van der Waals surface area contributed by atoms with E-state index in [1.165, 1.54) is 16.7 Å². The number of anilines is 1. The second-order valence-corrected chi connectivity index (χ2v) is 10.1. The van der Waals surface area contributed by atoms with Crippen LogP contribution in [0, 0.1) is 5.82 Å². The Morgan fingerprint density at radius 2 is 1.90 bits per heavy atom. The van der Waals surface area contributed by atoms with Gasteiger partial charge in [0.05, 0.1) is 35.7 Å². The molecule has 4 heterocycles. The van der Waals surface area contributed by atoms with Gasteiger partial charge in [-0.2, -0.15) is 18.3 Å². The van der Waals surface area contributed by atoms with Gasteiger partial charge in [-0.1, -0.05) is 13.0 Å². The third-order valence-corrected chi connectivity index (χ3v) is 7.41. The molecule has 0 bridgehead atoms. The van der Waals surface area contributed by atoms with Gasteiger partial charge in [0.25, 0.3) is 0 Å². The van der Waals surface area contributed by atoms with Crippen LogP contribution in [0.3, 0.4) is 0 Å². The molecule has 12 heteroatoms. The van der Waals surface area contributed by atoms with Crippen LogP contribution in [-0.4, -0.2) is 35.2 Å². The molecule has 0 unspecified atom stereocenters. The zero-order valence-electron chi connectivity index (χ0n) is 22.0. The Bertz CT molecular complexity index is 1600. The minimum Gasteiger partial charge on any atom is -0.331 e. The fourth-order valence-corrected chi connectivity index (χ4v) is 5.22. The first-order valence-electron chi connectivity index (χ1n) is 13.3. The summed E-state index contributed by atoms with van der Waals surface area (Å²) in [6.45, 7) is 4.40. The van der Waals surface area contributed by atoms with Crippen LogP contribution in [0.1, 0.15) is 61.7 Å². The third-order valence-electron chi connectivity index (χ3n) is 7.41. The van der Waals surface area contributed by atoms with Crippen LogP contribution in [0.15, 0.2) is 36.8 Å². The van der Waals surface area contributed by atoms with Crippen LogP contribution >= 0.6 is 0 Å². The van der Waals surface area contributed by atoms with Gasteiger partial charge in [-0.3, -0.25) is 9.69 Å². The second-order valence-electron chi connectivity index (χ2n) is 10.1. The van der Waals surface area contributed by atoms with Crippen molar-refractivity contribution >= 4 is 11.7 Å². The SMILES string of the molecule is CCc1ncnc(C2CC2)c1-c1cc2n(n1)CCC(=O)N2Cc1ccc(-c2nc(C(F)(F)F)cn2CC)c(F)c1. The number of aromatic nitrogens is 6. The minimum atomic E-state index is -4.63. The number of fused-ring (bicyclic) bond motifs is 1. The Hall–Kier alpha value is -4.09. The van der Waals surface area contributed by atoms with Gasteiger partial charge < -0.3 is 4.57 Å². The average molecular weight is 554 g/mol. The normalized spacial score (nSPS) is 15.6. The maximum Gasteiger partial charge on any atom is 0.434 e. The highest BCUT2D eigenvalue weighted by Gasteiger charge is 2.35. The molecule has 1 fully saturated rings. The van der Waals surface area contributed by atoms with E-state index in [9.17, 15) is 18.0 Å². The number of rotatable bonds is 7. The Labute approximate surface area is 227 Å². The summed E-state index contributed by atoms with van der Waals surface area (Å²) in [6, 6.07) is 6.12. The van der Waals surface area contributed by atoms with Crippen LogP contribution in [-0.2, 0) is 37.0 Å². The van der Waals surface area contributed by atoms with Crippen molar-refractivity contribution in [2.75, 3.05) is 4.90 Å². The van der Waals surface area contributed by atoms with Crippen molar-refractivity contribution < 1.29 is 22.4 Å². The first-order valence-corrected chi connectivity index (χ1v) is 13.3. The van der Waals surface area contributed by atoms with Gasteiger partial charge in [0, 0.05) is 36.7 Å². The van der Waals surface area contributed by atoms with E-state index in [0.717, 1.165) is 42.4 Å². The van der Waals surface area contributed by atoms with Gasteiger partial charge in [-0.05, 0) is 43.9 Å². The molecule has 0 spiro atoms. The molecule has 6 rings (SSSR count). The Morgan fingerprint density at radius 3 is 2.58 bits per heavy atom. The van der Waals surface area contributed by atoms with E-state index in [1.807, 2.05) is 13.0 Å². The molecule has 4 aromatic rings. The topological polar surface area (TPSA) is 81.7 Å². The fourth-order valence-electron chi connectivity index (χ4n) is 5.22. The van der Waals surface area contributed by atoms with Gasteiger partial charge in [0.2, 0.25) is 5.91 Å². The van der Waals surface area contributed by atoms with E-state index in [4.69, 9.17) is 5.10 Å². The zero-order chi connectivity index (χ0) is 28.2. The van der Waals surface area contributed by atoms with Crippen molar-refractivity contribution in [3.63, 3.8) is 0 Å². The average Bonchev–Trinajstić information content (AvgIpc) is 3.53. The van der Waals surface area contributed by atoms with Crippen molar-refractivity contribution in [3.8, 4) is 22.6 Å². The molecule has 1 amide bonds. The molecule has 0 radical (unpaired) electrons. The van der Waals surface area contributed by atoms with Gasteiger partial charge in [0.1, 0.15) is 23.8 Å². The highest BCUT2D eigenvalue weighted by molar-refractivity contribution is 5.94. The molecule has 0 atom stereocenters. The molecule has 208 valence electrons. The summed E-state index contributed by atoms with van der Waals surface area (Å²) in [7, 11) is 0. The third kappa shape index (κ3) is 4.65. The van der Waals surface area contributed by atoms with Crippen molar-refractivity contribution in [2.45, 2.75) is 71.3 Å². The van der Waals surface area contributed by atoms with Crippen LogP contribution in [0.5, 0.6) is 0 Å². The lowest BCUT2D eigenvalue weighted by atomic mass is 10.0. The van der Waals surface area contributed by atoms with E-state index < -0.39 is 17.7 Å². The minimum absolute atomic E-state index is 0.0397. The number of carbonyl (C=O) groups is 1. The van der Waals surface area contributed by atoms with E-state index in [0.29, 0.717) is 29.5 Å². The van der Waals surface area contributed by atoms with Gasteiger partial charge in [-0.15, -0.1) is 0 Å². The van der Waals surface area contributed by atoms with Crippen molar-refractivity contribution in [1.82, 2.24) is 29.3 Å². The summed E-state index contributed by atoms with van der Waals surface area (Å²) in [5.41, 5.74) is 2.90. The van der Waals surface area contributed by atoms with E-state index >= 15 is 4.39 Å². The van der Waals surface area contributed by atoms with Gasteiger partial charge >= 0.3 is 6.18 Å². The first kappa shape index (κ1) is 26.1. The molecular formula is C28H27F4N7O. The monoisotopic (exact) mass is 553 g/mol. The number of hydrogen-bond acceptors (Lipinski definition) is 5. The lowest BCUT2D eigenvalue weighted by Crippen LogP contribution is -2.36. The Kier molecular flexibility index (Phi) is 6.42. The maximum absolute atomic E-state index is 15.3. The quantitative estimate of drug-likeness (QED) is 0.272. The number of alkyl halides is 3. The number of halogens is 4. The number of aryl methyl sites for hydroxylation is 3. The van der Waals surface area contributed by atoms with Gasteiger partial charge in [0.15, 0.2) is 5.69 Å². The first-order chi connectivity index (χ1) is 19.2. The summed E-state index contributed by atoms with van der Waals surface area (Å²) < 4.78 is 58.0. The largest absolute Gasteiger partial charge is 0.434 e. The lowest BCUT2D eigenvalue weighted by Gasteiger charge is -2.27. The molecule has 2 aliphatic rings. The summed E-state index contributed by atoms with van der Waals surface area (Å²) >= 11 is 0. The number of amides is 1. The molecule has 0 saturated heterocycles. The Balaban J connectivity index is 1.32. The number of hydrogen-bond donors (Lipinski definition) is 0. The number of nitrogens with zero attached hydrogens (tertiary/aromatic N) is 7. The predicted molar refractivity (Wildman–Crippen MR) is 139 cm³/mol. The summed E-state index contributed by atoms with van der Waals surface area (Å²) in [5.74, 6) is 0.0471. The van der Waals surface area contributed by atoms with Crippen molar-refractivity contribution in [1.29, 1.82) is 0 Å². The summed E-state index contributed by atoms with van der Waals surface area (Å²) in [6.07, 6.45) is 0.942. The molecule has 3 aromatic heterocycles. The molecule has 40 heavy (non-hydrogen) atoms. The Morgan fingerprint density at radius 1 is 1.10 bits per heavy atom. The molecular weight excluding hydrogens is 526 g/mol. The highest BCUT2D eigenvalue weighted by Crippen LogP contribution is 2.44. The van der Waals surface area contributed by atoms with Crippen LogP contribution in [0.4, 0.5) is 23.4 Å². The second kappa shape index (κ2) is 9.83. The molecule has 0 N–H and O–H groups in total. The maximum atomic E-state index is 15.3. The van der Waals surface area contributed by atoms with Crippen LogP contribution in [0.2, 0.25) is 0 Å². The standard InChI is InChI=1S/C28H27F4N7O/c1-3-20-25(26(17-6-7-17)34-15-33-20)21-12-23-38(24(40)9-10-39(23)36-21)13-16-5-8-18(19(29)11-16)27-35-22(28(30,31)32)14-37(27)4-2/h5,8,11-12,14-15,17H,3-4,6-7,9-10,13H2,1-2H3. The van der Waals surface area contributed by atoms with E-state index in [2.05, 4.69) is 15.0 Å². The van der Waals surface area contributed by atoms with Crippen molar-refractivity contribution in [2.24, 2.45) is 0 Å².